The number of carbonyl (C=O) groups excluding carboxylic acids is 2. The summed E-state index contributed by atoms with van der Waals surface area (Å²) in [4.78, 5) is 22.2. The van der Waals surface area contributed by atoms with Crippen molar-refractivity contribution in [2.45, 2.75) is 32.3 Å². The van der Waals surface area contributed by atoms with Crippen LogP contribution >= 0.6 is 0 Å². The normalized spacial score (nSPS) is 11.7. The van der Waals surface area contributed by atoms with Crippen molar-refractivity contribution in [1.29, 1.82) is 0 Å². The Kier molecular flexibility index (Phi) is 6.02. The first-order chi connectivity index (χ1) is 9.06. The minimum Gasteiger partial charge on any atom is -0.493 e. The van der Waals surface area contributed by atoms with Gasteiger partial charge in [0.15, 0.2) is 11.5 Å². The molecule has 0 amide bonds. The molecule has 0 aliphatic carbocycles. The molecule has 0 aliphatic heterocycles. The summed E-state index contributed by atoms with van der Waals surface area (Å²) in [6.45, 7) is 1.67. The lowest BCUT2D eigenvalue weighted by molar-refractivity contribution is -0.134. The van der Waals surface area contributed by atoms with E-state index in [1.165, 1.54) is 19.2 Å². The van der Waals surface area contributed by atoms with Crippen LogP contribution in [0.15, 0.2) is 18.2 Å². The Bertz CT molecular complexity index is 439. The van der Waals surface area contributed by atoms with Crippen molar-refractivity contribution >= 4 is 12.3 Å². The van der Waals surface area contributed by atoms with E-state index in [9.17, 15) is 9.59 Å². The van der Waals surface area contributed by atoms with Gasteiger partial charge in [-0.15, -0.1) is 0 Å². The summed E-state index contributed by atoms with van der Waals surface area (Å²) in [6.07, 6.45) is 1.61. The van der Waals surface area contributed by atoms with Crippen molar-refractivity contribution in [2.75, 3.05) is 7.11 Å². The summed E-state index contributed by atoms with van der Waals surface area (Å²) < 4.78 is 10.2. The van der Waals surface area contributed by atoms with Crippen molar-refractivity contribution in [2.24, 2.45) is 0 Å². The van der Waals surface area contributed by atoms with Gasteiger partial charge in [-0.3, -0.25) is 9.59 Å². The van der Waals surface area contributed by atoms with Crippen LogP contribution < -0.4 is 9.47 Å². The van der Waals surface area contributed by atoms with Crippen LogP contribution in [0.3, 0.4) is 0 Å². The molecule has 0 heterocycles. The first kappa shape index (κ1) is 15.2. The summed E-state index contributed by atoms with van der Waals surface area (Å²) in [6, 6.07) is 4.58. The number of methoxy groups -OCH3 is 1. The maximum Gasteiger partial charge on any atom is 0.311 e. The third-order valence-corrected chi connectivity index (χ3v) is 2.55. The molecule has 0 spiro atoms. The van der Waals surface area contributed by atoms with E-state index >= 15 is 0 Å². The summed E-state index contributed by atoms with van der Waals surface area (Å²) in [5.74, 6) is 0.237. The number of aldehydes is 1. The Hall–Kier alpha value is -1.88. The number of carbonyl (C=O) groups is 2. The highest BCUT2D eigenvalue weighted by molar-refractivity contribution is 5.78. The second-order valence-electron chi connectivity index (χ2n) is 4.24. The van der Waals surface area contributed by atoms with Crippen LogP contribution in [-0.2, 0) is 4.79 Å². The van der Waals surface area contributed by atoms with E-state index in [1.807, 2.05) is 0 Å². The van der Waals surface area contributed by atoms with Gasteiger partial charge < -0.3 is 14.6 Å². The summed E-state index contributed by atoms with van der Waals surface area (Å²) in [5.41, 5.74) is 0.450. The van der Waals surface area contributed by atoms with Crippen LogP contribution in [0.2, 0.25) is 0 Å². The fourth-order valence-corrected chi connectivity index (χ4v) is 1.56. The Labute approximate surface area is 112 Å². The average Bonchev–Trinajstić information content (AvgIpc) is 2.38. The number of ether oxygens (including phenoxy) is 2. The highest BCUT2D eigenvalue weighted by Gasteiger charge is 2.11. The molecule has 0 saturated heterocycles. The third-order valence-electron chi connectivity index (χ3n) is 2.55. The zero-order valence-electron chi connectivity index (χ0n) is 11.1. The van der Waals surface area contributed by atoms with E-state index in [0.29, 0.717) is 30.4 Å². The van der Waals surface area contributed by atoms with Crippen LogP contribution in [0, 0.1) is 0 Å². The number of rotatable bonds is 7. The summed E-state index contributed by atoms with van der Waals surface area (Å²) in [7, 11) is 1.44. The van der Waals surface area contributed by atoms with Gasteiger partial charge in [0.1, 0.15) is 6.29 Å². The molecule has 1 atom stereocenters. The van der Waals surface area contributed by atoms with Gasteiger partial charge in [-0.1, -0.05) is 0 Å². The van der Waals surface area contributed by atoms with Crippen molar-refractivity contribution in [3.8, 4) is 11.5 Å². The van der Waals surface area contributed by atoms with Crippen molar-refractivity contribution in [1.82, 2.24) is 0 Å². The highest BCUT2D eigenvalue weighted by Crippen LogP contribution is 2.28. The number of aliphatic hydroxyl groups is 1. The van der Waals surface area contributed by atoms with Gasteiger partial charge in [-0.2, -0.15) is 0 Å². The maximum atomic E-state index is 11.6. The quantitative estimate of drug-likeness (QED) is 0.464. The van der Waals surface area contributed by atoms with E-state index in [-0.39, 0.29) is 12.2 Å². The summed E-state index contributed by atoms with van der Waals surface area (Å²) in [5, 5.41) is 9.09. The minimum absolute atomic E-state index is 0.226. The van der Waals surface area contributed by atoms with Crippen LogP contribution in [0.5, 0.6) is 11.5 Å². The van der Waals surface area contributed by atoms with Gasteiger partial charge in [0, 0.05) is 12.0 Å². The van der Waals surface area contributed by atoms with E-state index in [4.69, 9.17) is 14.6 Å². The van der Waals surface area contributed by atoms with Gasteiger partial charge >= 0.3 is 5.97 Å². The molecule has 5 nitrogen and oxygen atoms in total. The van der Waals surface area contributed by atoms with E-state index in [2.05, 4.69) is 0 Å². The predicted molar refractivity (Wildman–Crippen MR) is 69.5 cm³/mol. The fraction of sp³-hybridized carbons (Fsp3) is 0.429. The van der Waals surface area contributed by atoms with Crippen molar-refractivity contribution < 1.29 is 24.2 Å². The van der Waals surface area contributed by atoms with Crippen LogP contribution in [-0.4, -0.2) is 30.6 Å². The lowest BCUT2D eigenvalue weighted by Crippen LogP contribution is -2.10. The van der Waals surface area contributed by atoms with Gasteiger partial charge in [0.2, 0.25) is 0 Å². The maximum absolute atomic E-state index is 11.6. The zero-order valence-corrected chi connectivity index (χ0v) is 11.1. The number of hydrogen-bond donors (Lipinski definition) is 1. The average molecular weight is 266 g/mol. The molecular weight excluding hydrogens is 248 g/mol. The van der Waals surface area contributed by atoms with Gasteiger partial charge in [-0.25, -0.2) is 0 Å². The topological polar surface area (TPSA) is 72.8 Å². The first-order valence-electron chi connectivity index (χ1n) is 6.08. The molecule has 1 aromatic carbocycles. The Morgan fingerprint density at radius 2 is 2.16 bits per heavy atom. The number of esters is 1. The molecule has 0 radical (unpaired) electrons. The molecule has 104 valence electrons. The van der Waals surface area contributed by atoms with Crippen LogP contribution in [0.4, 0.5) is 0 Å². The smallest absolute Gasteiger partial charge is 0.311 e. The standard InChI is InChI=1S/C14H18O5/c1-10(16)4-3-5-14(17)19-12-7-6-11(9-15)8-13(12)18-2/h6-10,16H,3-5H2,1-2H3. The first-order valence-corrected chi connectivity index (χ1v) is 6.08. The minimum atomic E-state index is -0.422. The Morgan fingerprint density at radius 1 is 1.42 bits per heavy atom. The van der Waals surface area contributed by atoms with Crippen LogP contribution in [0.25, 0.3) is 0 Å². The SMILES string of the molecule is COc1cc(C=O)ccc1OC(=O)CCCC(C)O. The van der Waals surface area contributed by atoms with Crippen LogP contribution in [0.1, 0.15) is 36.5 Å². The molecule has 1 N–H and O–H groups in total. The number of aliphatic hydroxyl groups excluding tert-OH is 1. The van der Waals surface area contributed by atoms with Crippen molar-refractivity contribution in [3.05, 3.63) is 23.8 Å². The molecule has 19 heavy (non-hydrogen) atoms. The Balaban J connectivity index is 2.60. The fourth-order valence-electron chi connectivity index (χ4n) is 1.56. The molecule has 0 aromatic heterocycles. The number of hydrogen-bond acceptors (Lipinski definition) is 5. The molecule has 0 aliphatic rings. The van der Waals surface area contributed by atoms with Crippen molar-refractivity contribution in [3.63, 3.8) is 0 Å². The number of benzene rings is 1. The lowest BCUT2D eigenvalue weighted by atomic mass is 10.2. The van der Waals surface area contributed by atoms with E-state index in [1.54, 1.807) is 13.0 Å². The van der Waals surface area contributed by atoms with E-state index < -0.39 is 12.1 Å². The summed E-state index contributed by atoms with van der Waals surface area (Å²) >= 11 is 0. The molecule has 0 bridgehead atoms. The van der Waals surface area contributed by atoms with Gasteiger partial charge in [0.25, 0.3) is 0 Å². The highest BCUT2D eigenvalue weighted by atomic mass is 16.6. The third kappa shape index (κ3) is 5.09. The molecule has 1 rings (SSSR count). The zero-order chi connectivity index (χ0) is 14.3. The Morgan fingerprint density at radius 3 is 2.74 bits per heavy atom. The molecule has 1 aromatic rings. The second-order valence-corrected chi connectivity index (χ2v) is 4.24. The molecule has 0 saturated carbocycles. The van der Waals surface area contributed by atoms with E-state index in [0.717, 1.165) is 0 Å². The van der Waals surface area contributed by atoms with Gasteiger partial charge in [-0.05, 0) is 38.0 Å². The largest absolute Gasteiger partial charge is 0.493 e. The molecule has 0 fully saturated rings. The molecule has 5 heteroatoms. The van der Waals surface area contributed by atoms with Gasteiger partial charge in [0.05, 0.1) is 13.2 Å². The molecule has 1 unspecified atom stereocenters. The second kappa shape index (κ2) is 7.53. The monoisotopic (exact) mass is 266 g/mol. The predicted octanol–water partition coefficient (Wildman–Crippen LogP) is 1.96. The lowest BCUT2D eigenvalue weighted by Gasteiger charge is -2.09. The molecular formula is C14H18O5.